The molecule has 0 spiro atoms. The number of hydrogen-bond donors (Lipinski definition) is 1. The molecule has 3 aliphatic rings. The predicted molar refractivity (Wildman–Crippen MR) is 88.1 cm³/mol. The highest BCUT2D eigenvalue weighted by atomic mass is 32.1. The fourth-order valence-electron chi connectivity index (χ4n) is 4.59. The second-order valence-corrected chi connectivity index (χ2v) is 8.61. The van der Waals surface area contributed by atoms with Crippen LogP contribution in [0.4, 0.5) is 0 Å². The summed E-state index contributed by atoms with van der Waals surface area (Å²) in [5.74, 6) is 2.74. The maximum absolute atomic E-state index is 3.85. The van der Waals surface area contributed by atoms with Crippen molar-refractivity contribution in [1.82, 2.24) is 5.32 Å². The maximum Gasteiger partial charge on any atom is 0.0302 e. The third kappa shape index (κ3) is 2.46. The van der Waals surface area contributed by atoms with E-state index in [9.17, 15) is 0 Å². The summed E-state index contributed by atoms with van der Waals surface area (Å²) in [6.45, 7) is 10.8. The highest BCUT2D eigenvalue weighted by molar-refractivity contribution is 7.10. The van der Waals surface area contributed by atoms with Gasteiger partial charge in [-0.1, -0.05) is 34.1 Å². The fraction of sp³-hybridized carbons (Fsp3) is 0.778. The van der Waals surface area contributed by atoms with E-state index in [2.05, 4.69) is 44.5 Å². The van der Waals surface area contributed by atoms with Gasteiger partial charge in [0.25, 0.3) is 0 Å². The Bertz CT molecular complexity index is 462. The summed E-state index contributed by atoms with van der Waals surface area (Å²) in [5.41, 5.74) is 2.13. The minimum Gasteiger partial charge on any atom is -0.309 e. The van der Waals surface area contributed by atoms with Crippen LogP contribution in [0.2, 0.25) is 0 Å². The monoisotopic (exact) mass is 291 g/mol. The molecular formula is C18H29NS. The molecule has 112 valence electrons. The van der Waals surface area contributed by atoms with E-state index in [0.29, 0.717) is 5.41 Å². The van der Waals surface area contributed by atoms with E-state index in [1.807, 2.05) is 11.3 Å². The quantitative estimate of drug-likeness (QED) is 0.817. The summed E-state index contributed by atoms with van der Waals surface area (Å²) in [5, 5.41) is 6.19. The molecule has 0 aromatic carbocycles. The molecule has 1 aromatic heterocycles. The van der Waals surface area contributed by atoms with Gasteiger partial charge in [0.1, 0.15) is 0 Å². The molecular weight excluding hydrogens is 262 g/mol. The second kappa shape index (κ2) is 5.46. The van der Waals surface area contributed by atoms with Crippen molar-refractivity contribution in [3.8, 4) is 0 Å². The van der Waals surface area contributed by atoms with Crippen molar-refractivity contribution in [2.45, 2.75) is 66.0 Å². The smallest absolute Gasteiger partial charge is 0.0302 e. The summed E-state index contributed by atoms with van der Waals surface area (Å²) in [6, 6.07) is 3.14. The molecule has 3 fully saturated rings. The molecule has 3 aliphatic carbocycles. The van der Waals surface area contributed by atoms with Crippen molar-refractivity contribution in [2.24, 2.45) is 23.2 Å². The minimum atomic E-state index is 0.606. The van der Waals surface area contributed by atoms with E-state index in [1.165, 1.54) is 36.1 Å². The Labute approximate surface area is 128 Å². The van der Waals surface area contributed by atoms with Crippen LogP contribution in [-0.2, 0) is 13.0 Å². The molecule has 4 rings (SSSR count). The zero-order chi connectivity index (χ0) is 14.3. The van der Waals surface area contributed by atoms with Gasteiger partial charge in [-0.05, 0) is 59.4 Å². The van der Waals surface area contributed by atoms with Crippen LogP contribution in [-0.4, -0.2) is 6.04 Å². The molecule has 20 heavy (non-hydrogen) atoms. The third-order valence-corrected chi connectivity index (χ3v) is 7.12. The number of rotatable bonds is 5. The van der Waals surface area contributed by atoms with Crippen LogP contribution in [0.5, 0.6) is 0 Å². The van der Waals surface area contributed by atoms with Crippen molar-refractivity contribution in [3.05, 3.63) is 21.9 Å². The van der Waals surface area contributed by atoms with Crippen LogP contribution < -0.4 is 5.32 Å². The maximum atomic E-state index is 3.85. The first-order valence-electron chi connectivity index (χ1n) is 8.32. The molecule has 0 amide bonds. The molecule has 3 saturated carbocycles. The van der Waals surface area contributed by atoms with E-state index < -0.39 is 0 Å². The average Bonchev–Trinajstić information content (AvgIpc) is 2.85. The van der Waals surface area contributed by atoms with Crippen LogP contribution >= 0.6 is 11.3 Å². The Morgan fingerprint density at radius 2 is 2.15 bits per heavy atom. The Balaban J connectivity index is 1.54. The van der Waals surface area contributed by atoms with E-state index in [0.717, 1.165) is 30.3 Å². The second-order valence-electron chi connectivity index (χ2n) is 7.61. The zero-order valence-corrected chi connectivity index (χ0v) is 14.2. The van der Waals surface area contributed by atoms with Gasteiger partial charge < -0.3 is 5.32 Å². The first-order chi connectivity index (χ1) is 9.52. The fourth-order valence-corrected chi connectivity index (χ4v) is 5.46. The van der Waals surface area contributed by atoms with E-state index in [1.54, 1.807) is 0 Å². The van der Waals surface area contributed by atoms with Gasteiger partial charge in [0.05, 0.1) is 0 Å². The van der Waals surface area contributed by atoms with Crippen LogP contribution in [0.25, 0.3) is 0 Å². The van der Waals surface area contributed by atoms with Gasteiger partial charge in [-0.3, -0.25) is 0 Å². The van der Waals surface area contributed by atoms with Crippen LogP contribution in [0.15, 0.2) is 11.4 Å². The Hall–Kier alpha value is -0.340. The van der Waals surface area contributed by atoms with Gasteiger partial charge in [-0.2, -0.15) is 0 Å². The number of fused-ring (bicyclic) bond motifs is 2. The zero-order valence-electron chi connectivity index (χ0n) is 13.4. The van der Waals surface area contributed by atoms with Gasteiger partial charge in [-0.25, -0.2) is 0 Å². The number of hydrogen-bond acceptors (Lipinski definition) is 2. The normalized spacial score (nSPS) is 34.8. The molecule has 0 unspecified atom stereocenters. The van der Waals surface area contributed by atoms with Crippen molar-refractivity contribution in [2.75, 3.05) is 0 Å². The van der Waals surface area contributed by atoms with Crippen molar-refractivity contribution in [1.29, 1.82) is 0 Å². The lowest BCUT2D eigenvalue weighted by molar-refractivity contribution is -0.115. The van der Waals surface area contributed by atoms with Crippen molar-refractivity contribution >= 4 is 11.3 Å². The topological polar surface area (TPSA) is 12.0 Å². The molecule has 0 radical (unpaired) electrons. The molecule has 2 bridgehead atoms. The molecule has 1 nitrogen and oxygen atoms in total. The highest BCUT2D eigenvalue weighted by Crippen LogP contribution is 2.61. The summed E-state index contributed by atoms with van der Waals surface area (Å²) >= 11 is 1.93. The van der Waals surface area contributed by atoms with E-state index >= 15 is 0 Å². The Morgan fingerprint density at radius 1 is 1.35 bits per heavy atom. The molecule has 4 atom stereocenters. The van der Waals surface area contributed by atoms with Gasteiger partial charge >= 0.3 is 0 Å². The standard InChI is InChI=1S/C18H29NS/c1-5-6-13-7-15(20-11-13)10-19-17-9-14-8-16(12(17)2)18(14,3)4/h7,11-12,14,16-17,19H,5-6,8-10H2,1-4H3/t12-,14-,16+,17-/m1/s1. The first kappa shape index (κ1) is 14.6. The molecule has 2 heteroatoms. The lowest BCUT2D eigenvalue weighted by atomic mass is 9.45. The lowest BCUT2D eigenvalue weighted by Crippen LogP contribution is -2.59. The molecule has 1 heterocycles. The molecule has 1 N–H and O–H groups in total. The number of aryl methyl sites for hydroxylation is 1. The van der Waals surface area contributed by atoms with Crippen molar-refractivity contribution in [3.63, 3.8) is 0 Å². The molecule has 0 saturated heterocycles. The summed E-state index contributed by atoms with van der Waals surface area (Å²) < 4.78 is 0. The summed E-state index contributed by atoms with van der Waals surface area (Å²) in [6.07, 6.45) is 5.35. The van der Waals surface area contributed by atoms with Crippen LogP contribution in [0, 0.1) is 23.2 Å². The van der Waals surface area contributed by atoms with Crippen LogP contribution in [0.3, 0.4) is 0 Å². The summed E-state index contributed by atoms with van der Waals surface area (Å²) in [7, 11) is 0. The largest absolute Gasteiger partial charge is 0.309 e. The van der Waals surface area contributed by atoms with Gasteiger partial charge in [0.2, 0.25) is 0 Å². The SMILES string of the molecule is CCCc1csc(CN[C@@H]2C[C@H]3C[C@@H]([C@H]2C)C3(C)C)c1. The first-order valence-corrected chi connectivity index (χ1v) is 9.20. The molecule has 0 aliphatic heterocycles. The predicted octanol–water partition coefficient (Wildman–Crippen LogP) is 4.86. The molecule has 1 aromatic rings. The van der Waals surface area contributed by atoms with Gasteiger partial charge in [0, 0.05) is 17.5 Å². The Morgan fingerprint density at radius 3 is 2.80 bits per heavy atom. The summed E-state index contributed by atoms with van der Waals surface area (Å²) in [4.78, 5) is 1.51. The number of thiophene rings is 1. The Kier molecular flexibility index (Phi) is 3.98. The minimum absolute atomic E-state index is 0.606. The van der Waals surface area contributed by atoms with Crippen LogP contribution in [0.1, 0.15) is 57.4 Å². The number of nitrogens with one attached hydrogen (secondary N) is 1. The van der Waals surface area contributed by atoms with E-state index in [4.69, 9.17) is 0 Å². The third-order valence-electron chi connectivity index (χ3n) is 6.14. The van der Waals surface area contributed by atoms with E-state index in [-0.39, 0.29) is 0 Å². The van der Waals surface area contributed by atoms with Crippen molar-refractivity contribution < 1.29 is 0 Å². The average molecular weight is 292 g/mol. The lowest BCUT2D eigenvalue weighted by Gasteiger charge is -2.62. The van der Waals surface area contributed by atoms with Gasteiger partial charge in [-0.15, -0.1) is 11.3 Å². The van der Waals surface area contributed by atoms with Gasteiger partial charge in [0.15, 0.2) is 0 Å². The highest BCUT2D eigenvalue weighted by Gasteiger charge is 2.55.